The lowest BCUT2D eigenvalue weighted by Crippen LogP contribution is -2.54. The molecule has 5 heteroatoms. The van der Waals surface area contributed by atoms with E-state index in [1.54, 1.807) is 4.90 Å². The number of amides is 1. The lowest BCUT2D eigenvalue weighted by molar-refractivity contribution is 0.0624. The van der Waals surface area contributed by atoms with E-state index >= 15 is 0 Å². The molecule has 0 bridgehead atoms. The molecule has 0 aromatic rings. The van der Waals surface area contributed by atoms with Gasteiger partial charge in [-0.05, 0) is 13.8 Å². The number of hydrogen-bond acceptors (Lipinski definition) is 4. The highest BCUT2D eigenvalue weighted by molar-refractivity contribution is 5.68. The summed E-state index contributed by atoms with van der Waals surface area (Å²) in [5.41, 5.74) is 0. The van der Waals surface area contributed by atoms with E-state index in [4.69, 9.17) is 9.84 Å². The molecule has 96 valence electrons. The van der Waals surface area contributed by atoms with E-state index in [1.807, 2.05) is 27.7 Å². The zero-order valence-corrected chi connectivity index (χ0v) is 10.7. The van der Waals surface area contributed by atoms with E-state index in [0.717, 1.165) is 0 Å². The molecule has 1 heterocycles. The van der Waals surface area contributed by atoms with Crippen molar-refractivity contribution in [3.63, 3.8) is 0 Å². The Bertz CT molecular complexity index is 198. The van der Waals surface area contributed by atoms with Gasteiger partial charge in [-0.2, -0.15) is 0 Å². The molecule has 16 heavy (non-hydrogen) atoms. The molecule has 0 aromatic heterocycles. The fourth-order valence-corrected chi connectivity index (χ4v) is 1.39. The first kappa shape index (κ1) is 15.2. The summed E-state index contributed by atoms with van der Waals surface area (Å²) >= 11 is 0. The Morgan fingerprint density at radius 2 is 2.19 bits per heavy atom. The van der Waals surface area contributed by atoms with E-state index in [0.29, 0.717) is 19.6 Å². The van der Waals surface area contributed by atoms with Crippen LogP contribution in [0.25, 0.3) is 0 Å². The summed E-state index contributed by atoms with van der Waals surface area (Å²) in [4.78, 5) is 13.1. The van der Waals surface area contributed by atoms with Crippen LogP contribution in [0.4, 0.5) is 4.79 Å². The van der Waals surface area contributed by atoms with Crippen LogP contribution in [0.2, 0.25) is 0 Å². The van der Waals surface area contributed by atoms with Crippen molar-refractivity contribution >= 4 is 6.09 Å². The van der Waals surface area contributed by atoms with Crippen LogP contribution in [0, 0.1) is 0 Å². The average molecular weight is 232 g/mol. The van der Waals surface area contributed by atoms with Crippen LogP contribution in [0.3, 0.4) is 0 Å². The number of aliphatic hydroxyl groups is 1. The molecule has 1 aliphatic heterocycles. The smallest absolute Gasteiger partial charge is 0.410 e. The lowest BCUT2D eigenvalue weighted by atomic mass is 10.2. The van der Waals surface area contributed by atoms with Crippen LogP contribution in [-0.2, 0) is 4.74 Å². The minimum absolute atomic E-state index is 0.0246. The molecule has 1 fully saturated rings. The van der Waals surface area contributed by atoms with Crippen LogP contribution < -0.4 is 5.32 Å². The first-order valence-corrected chi connectivity index (χ1v) is 5.93. The van der Waals surface area contributed by atoms with Crippen molar-refractivity contribution in [2.75, 3.05) is 26.2 Å². The fourth-order valence-electron chi connectivity index (χ4n) is 1.39. The van der Waals surface area contributed by atoms with Gasteiger partial charge in [0.05, 0.1) is 12.7 Å². The van der Waals surface area contributed by atoms with Crippen molar-refractivity contribution < 1.29 is 14.6 Å². The lowest BCUT2D eigenvalue weighted by Gasteiger charge is -2.32. The Labute approximate surface area is 97.8 Å². The zero-order valence-electron chi connectivity index (χ0n) is 10.7. The van der Waals surface area contributed by atoms with Crippen molar-refractivity contribution in [2.24, 2.45) is 0 Å². The normalized spacial score (nSPS) is 20.1. The van der Waals surface area contributed by atoms with E-state index in [2.05, 4.69) is 5.32 Å². The summed E-state index contributed by atoms with van der Waals surface area (Å²) < 4.78 is 5.06. The first-order chi connectivity index (χ1) is 7.63. The highest BCUT2D eigenvalue weighted by Gasteiger charge is 2.23. The predicted molar refractivity (Wildman–Crippen MR) is 63.4 cm³/mol. The van der Waals surface area contributed by atoms with Crippen molar-refractivity contribution in [3.8, 4) is 0 Å². The van der Waals surface area contributed by atoms with Crippen LogP contribution in [-0.4, -0.2) is 54.5 Å². The maximum absolute atomic E-state index is 11.5. The third-order valence-electron chi connectivity index (χ3n) is 2.07. The summed E-state index contributed by atoms with van der Waals surface area (Å²) in [7, 11) is 0. The second-order valence-corrected chi connectivity index (χ2v) is 3.71. The number of nitrogens with one attached hydrogen (secondary N) is 1. The van der Waals surface area contributed by atoms with Crippen LogP contribution in [0.5, 0.6) is 0 Å². The van der Waals surface area contributed by atoms with Gasteiger partial charge in [-0.15, -0.1) is 0 Å². The van der Waals surface area contributed by atoms with Gasteiger partial charge in [0.15, 0.2) is 0 Å². The van der Waals surface area contributed by atoms with Crippen LogP contribution in [0.1, 0.15) is 27.7 Å². The van der Waals surface area contributed by atoms with Gasteiger partial charge >= 0.3 is 6.09 Å². The van der Waals surface area contributed by atoms with Gasteiger partial charge in [0, 0.05) is 25.7 Å². The number of piperazine rings is 1. The van der Waals surface area contributed by atoms with Crippen molar-refractivity contribution in [1.29, 1.82) is 0 Å². The number of rotatable bonds is 2. The topological polar surface area (TPSA) is 61.8 Å². The molecule has 0 radical (unpaired) electrons. The molecular formula is C11H24N2O3. The first-order valence-electron chi connectivity index (χ1n) is 5.93. The molecular weight excluding hydrogens is 208 g/mol. The largest absolute Gasteiger partial charge is 0.447 e. The molecule has 1 saturated heterocycles. The molecule has 1 rings (SSSR count). The van der Waals surface area contributed by atoms with E-state index < -0.39 is 0 Å². The molecule has 1 unspecified atom stereocenters. The standard InChI is InChI=1S/C9H18N2O3.C2H6/c1-7(2)14-9(13)11-4-3-10-8(5-11)6-12;1-2/h7-8,10,12H,3-6H2,1-2H3;1-2H3. The van der Waals surface area contributed by atoms with Gasteiger partial charge in [0.25, 0.3) is 0 Å². The SMILES string of the molecule is CC.CC(C)OC(=O)N1CCNC(CO)C1. The van der Waals surface area contributed by atoms with Crippen LogP contribution >= 0.6 is 0 Å². The minimum atomic E-state index is -0.292. The molecule has 1 atom stereocenters. The van der Waals surface area contributed by atoms with Gasteiger partial charge in [-0.1, -0.05) is 13.8 Å². The minimum Gasteiger partial charge on any atom is -0.447 e. The summed E-state index contributed by atoms with van der Waals surface area (Å²) in [6.45, 7) is 9.56. The Morgan fingerprint density at radius 1 is 1.56 bits per heavy atom. The van der Waals surface area contributed by atoms with Gasteiger partial charge in [0.2, 0.25) is 0 Å². The van der Waals surface area contributed by atoms with Gasteiger partial charge in [0.1, 0.15) is 0 Å². The zero-order chi connectivity index (χ0) is 12.6. The number of aliphatic hydroxyl groups excluding tert-OH is 1. The predicted octanol–water partition coefficient (Wildman–Crippen LogP) is 0.824. The number of ether oxygens (including phenoxy) is 1. The Morgan fingerprint density at radius 3 is 2.69 bits per heavy atom. The summed E-state index contributed by atoms with van der Waals surface area (Å²) in [6, 6.07) is -0.0246. The summed E-state index contributed by atoms with van der Waals surface area (Å²) in [5, 5.41) is 12.0. The van der Waals surface area contributed by atoms with E-state index in [-0.39, 0.29) is 24.8 Å². The van der Waals surface area contributed by atoms with E-state index in [1.165, 1.54) is 0 Å². The molecule has 0 saturated carbocycles. The maximum Gasteiger partial charge on any atom is 0.410 e. The molecule has 0 aliphatic carbocycles. The van der Waals surface area contributed by atoms with Gasteiger partial charge in [-0.25, -0.2) is 4.79 Å². The number of carbonyl (C=O) groups excluding carboxylic acids is 1. The Hall–Kier alpha value is -0.810. The summed E-state index contributed by atoms with van der Waals surface area (Å²) in [6.07, 6.45) is -0.384. The highest BCUT2D eigenvalue weighted by Crippen LogP contribution is 2.03. The third-order valence-corrected chi connectivity index (χ3v) is 2.07. The number of carbonyl (C=O) groups is 1. The third kappa shape index (κ3) is 5.32. The van der Waals surface area contributed by atoms with Crippen molar-refractivity contribution in [2.45, 2.75) is 39.8 Å². The monoisotopic (exact) mass is 232 g/mol. The molecule has 1 aliphatic rings. The van der Waals surface area contributed by atoms with Gasteiger partial charge < -0.3 is 20.1 Å². The van der Waals surface area contributed by atoms with Crippen molar-refractivity contribution in [1.82, 2.24) is 10.2 Å². The average Bonchev–Trinajstić information content (AvgIpc) is 2.31. The van der Waals surface area contributed by atoms with Crippen molar-refractivity contribution in [3.05, 3.63) is 0 Å². The van der Waals surface area contributed by atoms with Gasteiger partial charge in [-0.3, -0.25) is 0 Å². The fraction of sp³-hybridized carbons (Fsp3) is 0.909. The number of nitrogens with zero attached hydrogens (tertiary/aromatic N) is 1. The quantitative estimate of drug-likeness (QED) is 0.740. The Balaban J connectivity index is 0.00000106. The molecule has 5 nitrogen and oxygen atoms in total. The second-order valence-electron chi connectivity index (χ2n) is 3.71. The molecule has 0 spiro atoms. The van der Waals surface area contributed by atoms with Crippen LogP contribution in [0.15, 0.2) is 0 Å². The highest BCUT2D eigenvalue weighted by atomic mass is 16.6. The maximum atomic E-state index is 11.5. The molecule has 0 aromatic carbocycles. The summed E-state index contributed by atoms with van der Waals surface area (Å²) in [5.74, 6) is 0. The number of hydrogen-bond donors (Lipinski definition) is 2. The molecule has 2 N–H and O–H groups in total. The Kier molecular flexibility index (Phi) is 7.93. The molecule has 1 amide bonds. The van der Waals surface area contributed by atoms with E-state index in [9.17, 15) is 4.79 Å². The second kappa shape index (κ2) is 8.35.